The van der Waals surface area contributed by atoms with E-state index < -0.39 is 0 Å². The molecule has 2 aromatic rings. The van der Waals surface area contributed by atoms with E-state index in [9.17, 15) is 4.79 Å². The summed E-state index contributed by atoms with van der Waals surface area (Å²) in [6.07, 6.45) is 3.68. The molecule has 1 fully saturated rings. The molecule has 6 rings (SSSR count). The number of carbonyl (C=O) groups excluding carboxylic acids is 1. The van der Waals surface area contributed by atoms with Gasteiger partial charge in [-0.3, -0.25) is 0 Å². The standard InChI is InChI=1S/C26H27NO4/c1-15-14-27(2)19-13-17-9-11-20(29-3)23-22(17)26(15)18(19)10-12-21(24(26)31-23)30-25(28)16-7-5-4-6-8-16/h4-9,11-12,15,18-19,24H,10,13-14H2,1-3H3/t15-,18?,19+,24-,26-/m0/s1. The summed E-state index contributed by atoms with van der Waals surface area (Å²) in [6, 6.07) is 13.8. The maximum Gasteiger partial charge on any atom is 0.343 e. The zero-order valence-electron chi connectivity index (χ0n) is 18.1. The summed E-state index contributed by atoms with van der Waals surface area (Å²) in [7, 11) is 3.93. The van der Waals surface area contributed by atoms with Crippen molar-refractivity contribution < 1.29 is 19.0 Å². The number of benzene rings is 2. The molecule has 0 amide bonds. The Labute approximate surface area is 182 Å². The van der Waals surface area contributed by atoms with Crippen molar-refractivity contribution in [2.45, 2.75) is 37.3 Å². The average Bonchev–Trinajstić information content (AvgIpc) is 3.16. The largest absolute Gasteiger partial charge is 0.493 e. The van der Waals surface area contributed by atoms with E-state index in [0.29, 0.717) is 29.2 Å². The molecule has 1 saturated heterocycles. The number of esters is 1. The molecule has 5 atom stereocenters. The first-order valence-corrected chi connectivity index (χ1v) is 11.1. The van der Waals surface area contributed by atoms with Crippen LogP contribution in [-0.4, -0.2) is 43.7 Å². The predicted octanol–water partition coefficient (Wildman–Crippen LogP) is 3.96. The molecule has 31 heavy (non-hydrogen) atoms. The molecule has 0 N–H and O–H groups in total. The van der Waals surface area contributed by atoms with Gasteiger partial charge in [0.05, 0.1) is 18.1 Å². The number of nitrogens with zero attached hydrogens (tertiary/aromatic N) is 1. The highest BCUT2D eigenvalue weighted by Gasteiger charge is 2.67. The van der Waals surface area contributed by atoms with Gasteiger partial charge < -0.3 is 19.1 Å². The summed E-state index contributed by atoms with van der Waals surface area (Å²) in [5.74, 6) is 2.70. The van der Waals surface area contributed by atoms with E-state index in [0.717, 1.165) is 30.9 Å². The fourth-order valence-electron chi connectivity index (χ4n) is 6.82. The van der Waals surface area contributed by atoms with Gasteiger partial charge >= 0.3 is 5.97 Å². The lowest BCUT2D eigenvalue weighted by Gasteiger charge is -2.59. The Bertz CT molecular complexity index is 1090. The van der Waals surface area contributed by atoms with Crippen molar-refractivity contribution in [3.8, 4) is 11.5 Å². The smallest absolute Gasteiger partial charge is 0.343 e. The van der Waals surface area contributed by atoms with Gasteiger partial charge in [-0.2, -0.15) is 0 Å². The van der Waals surface area contributed by atoms with Crippen molar-refractivity contribution in [1.29, 1.82) is 0 Å². The van der Waals surface area contributed by atoms with Gasteiger partial charge in [0, 0.05) is 18.2 Å². The van der Waals surface area contributed by atoms with Gasteiger partial charge in [0.1, 0.15) is 5.76 Å². The Hall–Kier alpha value is -2.79. The minimum absolute atomic E-state index is 0.199. The Balaban J connectivity index is 1.49. The maximum absolute atomic E-state index is 12.9. The highest BCUT2D eigenvalue weighted by atomic mass is 16.6. The second-order valence-electron chi connectivity index (χ2n) is 9.38. The lowest BCUT2D eigenvalue weighted by Crippen LogP contribution is -2.67. The molecule has 5 nitrogen and oxygen atoms in total. The lowest BCUT2D eigenvalue weighted by molar-refractivity contribution is -0.0600. The van der Waals surface area contributed by atoms with E-state index in [-0.39, 0.29) is 17.5 Å². The van der Waals surface area contributed by atoms with Crippen LogP contribution in [0.25, 0.3) is 0 Å². The van der Waals surface area contributed by atoms with Crippen LogP contribution in [0.1, 0.15) is 34.8 Å². The number of likely N-dealkylation sites (N-methyl/N-ethyl adjacent to an activating group) is 1. The van der Waals surface area contributed by atoms with E-state index in [1.165, 1.54) is 11.1 Å². The van der Waals surface area contributed by atoms with Gasteiger partial charge in [-0.15, -0.1) is 0 Å². The van der Waals surface area contributed by atoms with Crippen LogP contribution in [0.4, 0.5) is 0 Å². The van der Waals surface area contributed by atoms with Crippen LogP contribution >= 0.6 is 0 Å². The molecule has 2 aliphatic heterocycles. The zero-order valence-corrected chi connectivity index (χ0v) is 18.1. The summed E-state index contributed by atoms with van der Waals surface area (Å²) in [6.45, 7) is 3.32. The first kappa shape index (κ1) is 18.9. The highest BCUT2D eigenvalue weighted by molar-refractivity contribution is 5.90. The third kappa shape index (κ3) is 2.38. The number of piperidine rings is 1. The van der Waals surface area contributed by atoms with Crippen LogP contribution in [0, 0.1) is 11.8 Å². The van der Waals surface area contributed by atoms with E-state index in [1.807, 2.05) is 24.3 Å². The molecule has 1 unspecified atom stereocenters. The molecular weight excluding hydrogens is 390 g/mol. The summed E-state index contributed by atoms with van der Waals surface area (Å²) in [5.41, 5.74) is 2.98. The molecule has 2 aliphatic carbocycles. The predicted molar refractivity (Wildman–Crippen MR) is 116 cm³/mol. The zero-order chi connectivity index (χ0) is 21.3. The van der Waals surface area contributed by atoms with Crippen molar-refractivity contribution in [2.75, 3.05) is 20.7 Å². The average molecular weight is 418 g/mol. The molecule has 2 aromatic carbocycles. The minimum atomic E-state index is -0.332. The van der Waals surface area contributed by atoms with Gasteiger partial charge in [-0.25, -0.2) is 4.79 Å². The summed E-state index contributed by atoms with van der Waals surface area (Å²) in [5, 5.41) is 0. The van der Waals surface area contributed by atoms with Crippen LogP contribution in [-0.2, 0) is 16.6 Å². The molecule has 2 bridgehead atoms. The first-order chi connectivity index (χ1) is 15.1. The van der Waals surface area contributed by atoms with Crippen molar-refractivity contribution in [1.82, 2.24) is 4.90 Å². The lowest BCUT2D eigenvalue weighted by atomic mass is 9.49. The fraction of sp³-hybridized carbons (Fsp3) is 0.423. The third-order valence-electron chi connectivity index (χ3n) is 8.03. The Morgan fingerprint density at radius 1 is 1.19 bits per heavy atom. The number of hydrogen-bond acceptors (Lipinski definition) is 5. The Morgan fingerprint density at radius 2 is 2.00 bits per heavy atom. The molecule has 160 valence electrons. The van der Waals surface area contributed by atoms with Gasteiger partial charge in [0.2, 0.25) is 0 Å². The second kappa shape index (κ2) is 6.60. The molecular formula is C26H27NO4. The van der Waals surface area contributed by atoms with Crippen LogP contribution < -0.4 is 9.47 Å². The fourth-order valence-corrected chi connectivity index (χ4v) is 6.82. The van der Waals surface area contributed by atoms with Gasteiger partial charge in [-0.05, 0) is 61.6 Å². The summed E-state index contributed by atoms with van der Waals surface area (Å²) >= 11 is 0. The molecule has 4 aliphatic rings. The summed E-state index contributed by atoms with van der Waals surface area (Å²) in [4.78, 5) is 15.4. The van der Waals surface area contributed by atoms with Crippen LogP contribution in [0.2, 0.25) is 0 Å². The van der Waals surface area contributed by atoms with Gasteiger partial charge in [-0.1, -0.05) is 31.2 Å². The quantitative estimate of drug-likeness (QED) is 0.708. The van der Waals surface area contributed by atoms with Crippen LogP contribution in [0.3, 0.4) is 0 Å². The first-order valence-electron chi connectivity index (χ1n) is 11.1. The molecule has 0 aromatic heterocycles. The van der Waals surface area contributed by atoms with E-state index in [2.05, 4.69) is 31.0 Å². The number of hydrogen-bond donors (Lipinski definition) is 0. The third-order valence-corrected chi connectivity index (χ3v) is 8.03. The molecule has 2 heterocycles. The maximum atomic E-state index is 12.9. The molecule has 0 saturated carbocycles. The number of carbonyl (C=O) groups is 1. The minimum Gasteiger partial charge on any atom is -0.493 e. The molecule has 1 spiro atoms. The second-order valence-corrected chi connectivity index (χ2v) is 9.38. The van der Waals surface area contributed by atoms with Crippen LogP contribution in [0.5, 0.6) is 11.5 Å². The molecule has 5 heteroatoms. The normalized spacial score (nSPS) is 32.5. The van der Waals surface area contributed by atoms with Gasteiger partial charge in [0.25, 0.3) is 0 Å². The summed E-state index contributed by atoms with van der Waals surface area (Å²) < 4.78 is 18.4. The van der Waals surface area contributed by atoms with E-state index in [1.54, 1.807) is 19.2 Å². The van der Waals surface area contributed by atoms with Crippen molar-refractivity contribution in [2.24, 2.45) is 11.8 Å². The monoisotopic (exact) mass is 417 g/mol. The highest BCUT2D eigenvalue weighted by Crippen LogP contribution is 2.65. The van der Waals surface area contributed by atoms with Crippen LogP contribution in [0.15, 0.2) is 54.3 Å². The number of likely N-dealkylation sites (tertiary alicyclic amines) is 1. The molecule has 0 radical (unpaired) electrons. The Kier molecular flexibility index (Phi) is 4.03. The number of methoxy groups -OCH3 is 1. The van der Waals surface area contributed by atoms with Crippen molar-refractivity contribution in [3.63, 3.8) is 0 Å². The Morgan fingerprint density at radius 3 is 2.77 bits per heavy atom. The topological polar surface area (TPSA) is 48.0 Å². The van der Waals surface area contributed by atoms with E-state index >= 15 is 0 Å². The number of rotatable bonds is 3. The van der Waals surface area contributed by atoms with E-state index in [4.69, 9.17) is 14.2 Å². The van der Waals surface area contributed by atoms with Crippen molar-refractivity contribution in [3.05, 3.63) is 71.0 Å². The number of ether oxygens (including phenoxy) is 3. The van der Waals surface area contributed by atoms with Crippen molar-refractivity contribution >= 4 is 5.97 Å². The SMILES string of the molecule is COc1ccc2c3c1O[C@H]1C(OC(=O)c4ccccc4)=CCC4[C@@H](C2)N(C)C[C@H](C)[C@@]341. The number of allylic oxidation sites excluding steroid dienone is 1. The van der Waals surface area contributed by atoms with Gasteiger partial charge in [0.15, 0.2) is 17.6 Å².